The molecule has 0 radical (unpaired) electrons. The van der Waals surface area contributed by atoms with E-state index in [0.717, 1.165) is 11.4 Å². The highest BCUT2D eigenvalue weighted by molar-refractivity contribution is 6.74. The fraction of sp³-hybridized carbons (Fsp3) is 0.526. The van der Waals surface area contributed by atoms with Crippen LogP contribution in [-0.2, 0) is 11.0 Å². The Balaban J connectivity index is 2.25. The fourth-order valence-electron chi connectivity index (χ4n) is 2.27. The molecular weight excluding hydrogens is 348 g/mol. The molecule has 1 heterocycles. The van der Waals surface area contributed by atoms with E-state index >= 15 is 0 Å². The highest BCUT2D eigenvalue weighted by Gasteiger charge is 2.37. The zero-order valence-corrected chi connectivity index (χ0v) is 18.0. The quantitative estimate of drug-likeness (QED) is 0.668. The summed E-state index contributed by atoms with van der Waals surface area (Å²) in [5, 5.41) is 0.173. The van der Waals surface area contributed by atoms with Crippen molar-refractivity contribution in [1.29, 1.82) is 0 Å². The van der Waals surface area contributed by atoms with Crippen LogP contribution in [-0.4, -0.2) is 39.2 Å². The van der Waals surface area contributed by atoms with Crippen molar-refractivity contribution in [1.82, 2.24) is 9.55 Å². The summed E-state index contributed by atoms with van der Waals surface area (Å²) < 4.78 is 24.4. The molecule has 0 aliphatic heterocycles. The van der Waals surface area contributed by atoms with Crippen molar-refractivity contribution in [2.24, 2.45) is 0 Å². The predicted octanol–water partition coefficient (Wildman–Crippen LogP) is 4.42. The molecule has 0 aliphatic rings. The van der Waals surface area contributed by atoms with Crippen molar-refractivity contribution >= 4 is 8.32 Å². The van der Waals surface area contributed by atoms with Crippen LogP contribution in [0.1, 0.15) is 26.5 Å². The van der Waals surface area contributed by atoms with Gasteiger partial charge in [-0.15, -0.1) is 0 Å². The van der Waals surface area contributed by atoms with Gasteiger partial charge in [0.2, 0.25) is 5.75 Å². The van der Waals surface area contributed by atoms with E-state index in [0.29, 0.717) is 23.9 Å². The van der Waals surface area contributed by atoms with Gasteiger partial charge in [0.05, 0.1) is 45.6 Å². The minimum Gasteiger partial charge on any atom is -0.493 e. The summed E-state index contributed by atoms with van der Waals surface area (Å²) in [6, 6.07) is 3.78. The van der Waals surface area contributed by atoms with E-state index in [9.17, 15) is 0 Å². The second kappa shape index (κ2) is 7.71. The largest absolute Gasteiger partial charge is 0.493 e. The third-order valence-electron chi connectivity index (χ3n) is 4.97. The lowest BCUT2D eigenvalue weighted by atomic mass is 10.2. The second-order valence-corrected chi connectivity index (χ2v) is 12.5. The molecule has 0 aliphatic carbocycles. The number of imidazole rings is 1. The average Bonchev–Trinajstić information content (AvgIpc) is 3.06. The van der Waals surface area contributed by atoms with E-state index in [-0.39, 0.29) is 5.04 Å². The topological polar surface area (TPSA) is 54.7 Å². The maximum Gasteiger partial charge on any atom is 0.203 e. The van der Waals surface area contributed by atoms with Gasteiger partial charge in [-0.3, -0.25) is 0 Å². The molecule has 1 aromatic carbocycles. The molecule has 26 heavy (non-hydrogen) atoms. The van der Waals surface area contributed by atoms with Crippen molar-refractivity contribution in [2.45, 2.75) is 45.5 Å². The number of aromatic nitrogens is 2. The van der Waals surface area contributed by atoms with Crippen molar-refractivity contribution < 1.29 is 18.6 Å². The Bertz CT molecular complexity index is 725. The van der Waals surface area contributed by atoms with Gasteiger partial charge in [0, 0.05) is 18.3 Å². The third-order valence-corrected chi connectivity index (χ3v) is 9.45. The van der Waals surface area contributed by atoms with Crippen LogP contribution in [0.2, 0.25) is 18.1 Å². The smallest absolute Gasteiger partial charge is 0.203 e. The number of hydrogen-bond donors (Lipinski definition) is 0. The Labute approximate surface area is 157 Å². The molecule has 1 aromatic heterocycles. The molecule has 2 rings (SSSR count). The maximum atomic E-state index is 6.25. The first-order valence-corrected chi connectivity index (χ1v) is 11.5. The second-order valence-electron chi connectivity index (χ2n) is 7.70. The van der Waals surface area contributed by atoms with Gasteiger partial charge in [0.25, 0.3) is 0 Å². The van der Waals surface area contributed by atoms with E-state index in [4.69, 9.17) is 18.6 Å². The van der Waals surface area contributed by atoms with Crippen molar-refractivity contribution in [3.63, 3.8) is 0 Å². The van der Waals surface area contributed by atoms with Gasteiger partial charge in [-0.2, -0.15) is 0 Å². The number of methoxy groups -OCH3 is 3. The van der Waals surface area contributed by atoms with Gasteiger partial charge in [-0.05, 0) is 18.1 Å². The van der Waals surface area contributed by atoms with Crippen LogP contribution in [0.3, 0.4) is 0 Å². The molecule has 0 fully saturated rings. The standard InChI is InChI=1S/C19H30N2O4Si/c1-19(2,3)26(7,8)25-12-14-11-21(13-20-14)15-9-16(22-4)18(24-6)17(10-15)23-5/h9-11,13H,12H2,1-8H3. The summed E-state index contributed by atoms with van der Waals surface area (Å²) in [5.41, 5.74) is 1.77. The van der Waals surface area contributed by atoms with Crippen molar-refractivity contribution in [2.75, 3.05) is 21.3 Å². The molecule has 144 valence electrons. The van der Waals surface area contributed by atoms with Crippen LogP contribution in [0.15, 0.2) is 24.7 Å². The molecule has 0 saturated heterocycles. The van der Waals surface area contributed by atoms with Crippen LogP contribution in [0.5, 0.6) is 17.2 Å². The van der Waals surface area contributed by atoms with Gasteiger partial charge in [-0.1, -0.05) is 20.8 Å². The number of rotatable bonds is 7. The minimum atomic E-state index is -1.81. The Morgan fingerprint density at radius 1 is 1.00 bits per heavy atom. The minimum absolute atomic E-state index is 0.173. The summed E-state index contributed by atoms with van der Waals surface area (Å²) in [4.78, 5) is 4.48. The van der Waals surface area contributed by atoms with E-state index in [1.165, 1.54) is 0 Å². The molecule has 0 unspecified atom stereocenters. The van der Waals surface area contributed by atoms with E-state index in [1.54, 1.807) is 27.7 Å². The molecule has 7 heteroatoms. The molecule has 0 N–H and O–H groups in total. The van der Waals surface area contributed by atoms with Crippen LogP contribution in [0.4, 0.5) is 0 Å². The Kier molecular flexibility index (Phi) is 6.03. The highest BCUT2D eigenvalue weighted by Crippen LogP contribution is 2.39. The zero-order valence-electron chi connectivity index (χ0n) is 17.0. The van der Waals surface area contributed by atoms with E-state index < -0.39 is 8.32 Å². The monoisotopic (exact) mass is 378 g/mol. The SMILES string of the molecule is COc1cc(-n2cnc(CO[Si](C)(C)C(C)(C)C)c2)cc(OC)c1OC. The summed E-state index contributed by atoms with van der Waals surface area (Å²) in [6.45, 7) is 11.7. The lowest BCUT2D eigenvalue weighted by molar-refractivity contribution is 0.272. The molecule has 0 amide bonds. The Morgan fingerprint density at radius 2 is 1.58 bits per heavy atom. The molecule has 6 nitrogen and oxygen atoms in total. The van der Waals surface area contributed by atoms with Crippen LogP contribution < -0.4 is 14.2 Å². The van der Waals surface area contributed by atoms with Crippen LogP contribution in [0.25, 0.3) is 5.69 Å². The van der Waals surface area contributed by atoms with Gasteiger partial charge >= 0.3 is 0 Å². The Hall–Kier alpha value is -1.99. The molecule has 2 aromatic rings. The predicted molar refractivity (Wildman–Crippen MR) is 105 cm³/mol. The normalized spacial score (nSPS) is 12.2. The van der Waals surface area contributed by atoms with Gasteiger partial charge in [0.1, 0.15) is 0 Å². The van der Waals surface area contributed by atoms with E-state index in [1.807, 2.05) is 22.9 Å². The molecular formula is C19H30N2O4Si. The zero-order chi connectivity index (χ0) is 19.5. The van der Waals surface area contributed by atoms with Crippen LogP contribution >= 0.6 is 0 Å². The Morgan fingerprint density at radius 3 is 2.04 bits per heavy atom. The first kappa shape index (κ1) is 20.3. The number of nitrogens with zero attached hydrogens (tertiary/aromatic N) is 2. The van der Waals surface area contributed by atoms with Crippen molar-refractivity contribution in [3.8, 4) is 22.9 Å². The molecule has 0 saturated carbocycles. The highest BCUT2D eigenvalue weighted by atomic mass is 28.4. The van der Waals surface area contributed by atoms with Gasteiger partial charge in [-0.25, -0.2) is 4.98 Å². The third kappa shape index (κ3) is 4.21. The molecule has 0 bridgehead atoms. The van der Waals surface area contributed by atoms with E-state index in [2.05, 4.69) is 38.8 Å². The van der Waals surface area contributed by atoms with Crippen molar-refractivity contribution in [3.05, 3.63) is 30.4 Å². The van der Waals surface area contributed by atoms with Gasteiger partial charge in [0.15, 0.2) is 19.8 Å². The van der Waals surface area contributed by atoms with Crippen LogP contribution in [0, 0.1) is 0 Å². The lowest BCUT2D eigenvalue weighted by Gasteiger charge is -2.35. The summed E-state index contributed by atoms with van der Waals surface area (Å²) in [6.07, 6.45) is 3.73. The maximum absolute atomic E-state index is 6.25. The first-order valence-electron chi connectivity index (χ1n) is 8.60. The summed E-state index contributed by atoms with van der Waals surface area (Å²) in [7, 11) is 2.99. The first-order chi connectivity index (χ1) is 12.1. The fourth-order valence-corrected chi connectivity index (χ4v) is 3.21. The number of benzene rings is 1. The van der Waals surface area contributed by atoms with Gasteiger partial charge < -0.3 is 23.2 Å². The number of hydrogen-bond acceptors (Lipinski definition) is 5. The average molecular weight is 379 g/mol. The lowest BCUT2D eigenvalue weighted by Crippen LogP contribution is -2.40. The number of ether oxygens (including phenoxy) is 3. The summed E-state index contributed by atoms with van der Waals surface area (Å²) >= 11 is 0. The molecule has 0 spiro atoms. The molecule has 0 atom stereocenters. The summed E-state index contributed by atoms with van der Waals surface area (Å²) in [5.74, 6) is 1.78.